The van der Waals surface area contributed by atoms with Gasteiger partial charge in [0.25, 0.3) is 0 Å². The highest BCUT2D eigenvalue weighted by atomic mass is 14.2. The molecule has 0 aliphatic carbocycles. The lowest BCUT2D eigenvalue weighted by Crippen LogP contribution is -2.13. The molecule has 0 N–H and O–H groups in total. The molecule has 0 fully saturated rings. The monoisotopic (exact) mass is 184 g/mol. The molecule has 0 aromatic heterocycles. The van der Waals surface area contributed by atoms with Crippen LogP contribution in [0.25, 0.3) is 0 Å². The van der Waals surface area contributed by atoms with Crippen LogP contribution in [0.1, 0.15) is 72.6 Å². The Labute approximate surface area is 85.1 Å². The van der Waals surface area contributed by atoms with Gasteiger partial charge in [-0.05, 0) is 11.8 Å². The zero-order chi connectivity index (χ0) is 10.1. The summed E-state index contributed by atoms with van der Waals surface area (Å²) in [4.78, 5) is 0. The first kappa shape index (κ1) is 13.0. The number of hydrogen-bond acceptors (Lipinski definition) is 0. The van der Waals surface area contributed by atoms with Crippen LogP contribution in [-0.4, -0.2) is 0 Å². The maximum Gasteiger partial charge on any atom is -0.0386 e. The molecule has 1 atom stereocenters. The summed E-state index contributed by atoms with van der Waals surface area (Å²) in [5.74, 6) is 2.01. The molecule has 0 aromatic carbocycles. The molecule has 0 heteroatoms. The lowest BCUT2D eigenvalue weighted by atomic mass is 9.81. The van der Waals surface area contributed by atoms with E-state index in [1.54, 1.807) is 0 Å². The van der Waals surface area contributed by atoms with Gasteiger partial charge < -0.3 is 0 Å². The fraction of sp³-hybridized carbons (Fsp3) is 1.00. The molecule has 80 valence electrons. The van der Waals surface area contributed by atoms with Gasteiger partial charge in [0, 0.05) is 0 Å². The Morgan fingerprint density at radius 3 is 1.69 bits per heavy atom. The minimum absolute atomic E-state index is 0.992. The van der Waals surface area contributed by atoms with E-state index in [2.05, 4.69) is 27.7 Å². The summed E-state index contributed by atoms with van der Waals surface area (Å²) in [6.07, 6.45) is 9.84. The minimum atomic E-state index is 0.992. The van der Waals surface area contributed by atoms with E-state index in [4.69, 9.17) is 0 Å². The van der Waals surface area contributed by atoms with E-state index in [1.807, 2.05) is 0 Å². The second-order valence-corrected chi connectivity index (χ2v) is 4.27. The normalized spacial score (nSPS) is 13.6. The van der Waals surface area contributed by atoms with E-state index in [0.29, 0.717) is 0 Å². The molecular weight excluding hydrogens is 156 g/mol. The predicted molar refractivity (Wildman–Crippen MR) is 62.0 cm³/mol. The van der Waals surface area contributed by atoms with Crippen LogP contribution in [0.4, 0.5) is 0 Å². The third kappa shape index (κ3) is 5.33. The molecule has 0 bridgehead atoms. The highest BCUT2D eigenvalue weighted by Crippen LogP contribution is 2.28. The summed E-state index contributed by atoms with van der Waals surface area (Å²) in [6, 6.07) is 0. The first-order chi connectivity index (χ1) is 6.29. The van der Waals surface area contributed by atoms with Crippen LogP contribution in [0.3, 0.4) is 0 Å². The second-order valence-electron chi connectivity index (χ2n) is 4.27. The van der Waals surface area contributed by atoms with E-state index >= 15 is 0 Å². The highest BCUT2D eigenvalue weighted by molar-refractivity contribution is 4.67. The van der Waals surface area contributed by atoms with E-state index in [-0.39, 0.29) is 0 Å². The first-order valence-corrected chi connectivity index (χ1v) is 6.29. The predicted octanol–water partition coefficient (Wildman–Crippen LogP) is 5.03. The van der Waals surface area contributed by atoms with Crippen molar-refractivity contribution in [3.8, 4) is 0 Å². The van der Waals surface area contributed by atoms with Crippen LogP contribution in [0.15, 0.2) is 0 Å². The van der Waals surface area contributed by atoms with Gasteiger partial charge in [-0.15, -0.1) is 0 Å². The zero-order valence-corrected chi connectivity index (χ0v) is 10.1. The first-order valence-electron chi connectivity index (χ1n) is 6.29. The molecule has 0 saturated heterocycles. The topological polar surface area (TPSA) is 0 Å². The summed E-state index contributed by atoms with van der Waals surface area (Å²) >= 11 is 0. The van der Waals surface area contributed by atoms with E-state index in [9.17, 15) is 0 Å². The van der Waals surface area contributed by atoms with Gasteiger partial charge in [0.2, 0.25) is 0 Å². The molecule has 0 aromatic rings. The molecule has 0 aliphatic rings. The van der Waals surface area contributed by atoms with Crippen molar-refractivity contribution in [1.82, 2.24) is 0 Å². The van der Waals surface area contributed by atoms with E-state index in [0.717, 1.165) is 11.8 Å². The Morgan fingerprint density at radius 2 is 1.31 bits per heavy atom. The van der Waals surface area contributed by atoms with Crippen molar-refractivity contribution >= 4 is 0 Å². The van der Waals surface area contributed by atoms with E-state index in [1.165, 1.54) is 44.9 Å². The standard InChI is InChI=1S/C13H28/c1-5-9-11-13(10-6-2)12(7-3)8-4/h12-13H,5-11H2,1-4H3. The smallest absolute Gasteiger partial charge is 0.0386 e. The molecular formula is C13H28. The quantitative estimate of drug-likeness (QED) is 0.496. The zero-order valence-electron chi connectivity index (χ0n) is 10.1. The van der Waals surface area contributed by atoms with Gasteiger partial charge in [-0.25, -0.2) is 0 Å². The second kappa shape index (κ2) is 8.59. The van der Waals surface area contributed by atoms with Gasteiger partial charge in [0.1, 0.15) is 0 Å². The highest BCUT2D eigenvalue weighted by Gasteiger charge is 2.16. The van der Waals surface area contributed by atoms with Gasteiger partial charge in [-0.3, -0.25) is 0 Å². The average Bonchev–Trinajstić information content (AvgIpc) is 2.16. The number of hydrogen-bond donors (Lipinski definition) is 0. The van der Waals surface area contributed by atoms with Crippen molar-refractivity contribution in [2.75, 3.05) is 0 Å². The molecule has 0 rings (SSSR count). The molecule has 0 nitrogen and oxygen atoms in total. The molecule has 1 unspecified atom stereocenters. The van der Waals surface area contributed by atoms with Gasteiger partial charge in [-0.2, -0.15) is 0 Å². The fourth-order valence-corrected chi connectivity index (χ4v) is 2.41. The van der Waals surface area contributed by atoms with Crippen LogP contribution >= 0.6 is 0 Å². The lowest BCUT2D eigenvalue weighted by molar-refractivity contribution is 0.270. The van der Waals surface area contributed by atoms with Crippen LogP contribution < -0.4 is 0 Å². The maximum atomic E-state index is 2.35. The van der Waals surface area contributed by atoms with Crippen molar-refractivity contribution in [2.45, 2.75) is 72.6 Å². The Bertz CT molecular complexity index is 92.2. The molecule has 0 radical (unpaired) electrons. The van der Waals surface area contributed by atoms with Crippen molar-refractivity contribution in [3.05, 3.63) is 0 Å². The third-order valence-electron chi connectivity index (χ3n) is 3.30. The van der Waals surface area contributed by atoms with Crippen molar-refractivity contribution in [1.29, 1.82) is 0 Å². The van der Waals surface area contributed by atoms with Crippen molar-refractivity contribution in [2.24, 2.45) is 11.8 Å². The molecule has 0 heterocycles. The Balaban J connectivity index is 3.88. The number of unbranched alkanes of at least 4 members (excludes halogenated alkanes) is 1. The Hall–Kier alpha value is 0. The summed E-state index contributed by atoms with van der Waals surface area (Å²) in [6.45, 7) is 9.32. The van der Waals surface area contributed by atoms with Gasteiger partial charge in [0.05, 0.1) is 0 Å². The Kier molecular flexibility index (Phi) is 8.59. The third-order valence-corrected chi connectivity index (χ3v) is 3.30. The summed E-state index contributed by atoms with van der Waals surface area (Å²) in [5, 5.41) is 0. The molecule has 0 amide bonds. The number of rotatable bonds is 8. The van der Waals surface area contributed by atoms with Crippen LogP contribution in [0.2, 0.25) is 0 Å². The average molecular weight is 184 g/mol. The van der Waals surface area contributed by atoms with Gasteiger partial charge in [0.15, 0.2) is 0 Å². The molecule has 13 heavy (non-hydrogen) atoms. The fourth-order valence-electron chi connectivity index (χ4n) is 2.41. The Morgan fingerprint density at radius 1 is 0.692 bits per heavy atom. The molecule has 0 spiro atoms. The summed E-state index contributed by atoms with van der Waals surface area (Å²) < 4.78 is 0. The van der Waals surface area contributed by atoms with Crippen molar-refractivity contribution < 1.29 is 0 Å². The molecule has 0 saturated carbocycles. The van der Waals surface area contributed by atoms with Crippen LogP contribution in [-0.2, 0) is 0 Å². The summed E-state index contributed by atoms with van der Waals surface area (Å²) in [7, 11) is 0. The summed E-state index contributed by atoms with van der Waals surface area (Å²) in [5.41, 5.74) is 0. The van der Waals surface area contributed by atoms with E-state index < -0.39 is 0 Å². The lowest BCUT2D eigenvalue weighted by Gasteiger charge is -2.24. The minimum Gasteiger partial charge on any atom is -0.0654 e. The largest absolute Gasteiger partial charge is 0.0654 e. The SMILES string of the molecule is CCCCC(CCC)C(CC)CC. The van der Waals surface area contributed by atoms with Crippen LogP contribution in [0, 0.1) is 11.8 Å². The van der Waals surface area contributed by atoms with Crippen molar-refractivity contribution in [3.63, 3.8) is 0 Å². The van der Waals surface area contributed by atoms with Gasteiger partial charge >= 0.3 is 0 Å². The van der Waals surface area contributed by atoms with Gasteiger partial charge in [-0.1, -0.05) is 72.6 Å². The maximum absolute atomic E-state index is 2.35. The van der Waals surface area contributed by atoms with Crippen LogP contribution in [0.5, 0.6) is 0 Å². The molecule has 0 aliphatic heterocycles.